The van der Waals surface area contributed by atoms with Crippen LogP contribution in [0.4, 0.5) is 0 Å². The van der Waals surface area contributed by atoms with Gasteiger partial charge in [0.15, 0.2) is 0 Å². The predicted octanol–water partition coefficient (Wildman–Crippen LogP) is 2.75. The Hall–Kier alpha value is -0.970. The van der Waals surface area contributed by atoms with Gasteiger partial charge in [0.25, 0.3) is 5.91 Å². The number of hydrogen-bond donors (Lipinski definition) is 1. The minimum atomic E-state index is -0.136. The second kappa shape index (κ2) is 4.96. The maximum Gasteiger partial charge on any atom is 0.265 e. The van der Waals surface area contributed by atoms with Crippen molar-refractivity contribution in [2.75, 3.05) is 0 Å². The molecule has 1 aromatic heterocycles. The van der Waals surface area contributed by atoms with Crippen LogP contribution in [0.15, 0.2) is 0 Å². The third-order valence-electron chi connectivity index (χ3n) is 3.43. The van der Waals surface area contributed by atoms with Crippen molar-refractivity contribution in [2.45, 2.75) is 58.4 Å². The van der Waals surface area contributed by atoms with E-state index in [9.17, 15) is 4.79 Å². The van der Waals surface area contributed by atoms with Gasteiger partial charge in [0.1, 0.15) is 4.88 Å². The molecular weight excluding hydrogens is 246 g/mol. The van der Waals surface area contributed by atoms with E-state index in [1.54, 1.807) is 0 Å². The highest BCUT2D eigenvalue weighted by Crippen LogP contribution is 2.28. The lowest BCUT2D eigenvalue weighted by Gasteiger charge is -2.17. The van der Waals surface area contributed by atoms with Crippen molar-refractivity contribution in [2.24, 2.45) is 5.92 Å². The molecule has 1 fully saturated rings. The fourth-order valence-corrected chi connectivity index (χ4v) is 3.20. The highest BCUT2D eigenvalue weighted by Gasteiger charge is 2.29. The Kier molecular flexibility index (Phi) is 3.71. The second-order valence-corrected chi connectivity index (χ2v) is 7.04. The number of hydrogen-bond acceptors (Lipinski definition) is 4. The molecule has 2 unspecified atom stereocenters. The van der Waals surface area contributed by atoms with Gasteiger partial charge in [-0.2, -0.15) is 0 Å². The molecule has 1 aliphatic rings. The zero-order valence-corrected chi connectivity index (χ0v) is 12.3. The molecule has 4 nitrogen and oxygen atoms in total. The molecule has 1 heterocycles. The molecule has 0 saturated heterocycles. The zero-order chi connectivity index (χ0) is 13.3. The molecule has 1 aromatic rings. The van der Waals surface area contributed by atoms with E-state index in [0.717, 1.165) is 24.5 Å². The number of rotatable bonds is 2. The average Bonchev–Trinajstić information content (AvgIpc) is 2.85. The van der Waals surface area contributed by atoms with Gasteiger partial charge < -0.3 is 5.32 Å². The van der Waals surface area contributed by atoms with Crippen molar-refractivity contribution < 1.29 is 4.79 Å². The first-order valence-corrected chi connectivity index (χ1v) is 7.29. The van der Waals surface area contributed by atoms with Crippen LogP contribution >= 0.6 is 11.5 Å². The van der Waals surface area contributed by atoms with E-state index in [2.05, 4.69) is 42.6 Å². The van der Waals surface area contributed by atoms with Gasteiger partial charge in [-0.25, -0.2) is 0 Å². The minimum Gasteiger partial charge on any atom is -0.348 e. The third-order valence-corrected chi connectivity index (χ3v) is 4.16. The van der Waals surface area contributed by atoms with E-state index < -0.39 is 0 Å². The van der Waals surface area contributed by atoms with Crippen molar-refractivity contribution in [3.63, 3.8) is 0 Å². The Morgan fingerprint density at radius 3 is 2.67 bits per heavy atom. The van der Waals surface area contributed by atoms with Gasteiger partial charge in [-0.15, -0.1) is 5.10 Å². The van der Waals surface area contributed by atoms with Crippen LogP contribution in [-0.2, 0) is 5.41 Å². The zero-order valence-electron chi connectivity index (χ0n) is 11.5. The molecule has 1 aliphatic carbocycles. The normalized spacial score (nSPS) is 24.2. The lowest BCUT2D eigenvalue weighted by molar-refractivity contribution is 0.0939. The summed E-state index contributed by atoms with van der Waals surface area (Å²) in [5.74, 6) is 0.714. The molecule has 5 heteroatoms. The number of carbonyl (C=O) groups excluding carboxylic acids is 1. The van der Waals surface area contributed by atoms with E-state index >= 15 is 0 Å². The summed E-state index contributed by atoms with van der Waals surface area (Å²) >= 11 is 1.20. The number of amides is 1. The van der Waals surface area contributed by atoms with Crippen LogP contribution in [0.2, 0.25) is 0 Å². The van der Waals surface area contributed by atoms with Crippen LogP contribution < -0.4 is 5.32 Å². The topological polar surface area (TPSA) is 54.9 Å². The maximum absolute atomic E-state index is 12.3. The van der Waals surface area contributed by atoms with E-state index in [4.69, 9.17) is 0 Å². The van der Waals surface area contributed by atoms with Gasteiger partial charge in [-0.05, 0) is 36.7 Å². The molecule has 0 aliphatic heterocycles. The molecule has 0 radical (unpaired) electrons. The monoisotopic (exact) mass is 267 g/mol. The van der Waals surface area contributed by atoms with Gasteiger partial charge in [0.05, 0.1) is 5.69 Å². The number of aromatic nitrogens is 2. The van der Waals surface area contributed by atoms with Gasteiger partial charge in [-0.1, -0.05) is 32.2 Å². The summed E-state index contributed by atoms with van der Waals surface area (Å²) < 4.78 is 3.93. The smallest absolute Gasteiger partial charge is 0.265 e. The van der Waals surface area contributed by atoms with Crippen LogP contribution in [0, 0.1) is 5.92 Å². The summed E-state index contributed by atoms with van der Waals surface area (Å²) in [6, 6.07) is 0.322. The average molecular weight is 267 g/mol. The standard InChI is InChI=1S/C13H21N3OS/c1-8-5-6-9(7-8)14-12(17)10-11(13(2,3)4)15-16-18-10/h8-9H,5-7H2,1-4H3,(H,14,17). The molecular formula is C13H21N3OS. The van der Waals surface area contributed by atoms with Crippen LogP contribution in [0.1, 0.15) is 62.3 Å². The molecule has 1 saturated carbocycles. The molecule has 0 bridgehead atoms. The Labute approximate surface area is 112 Å². The van der Waals surface area contributed by atoms with E-state index in [0.29, 0.717) is 10.9 Å². The van der Waals surface area contributed by atoms with Crippen LogP contribution in [-0.4, -0.2) is 21.5 Å². The second-order valence-electron chi connectivity index (χ2n) is 6.29. The lowest BCUT2D eigenvalue weighted by atomic mass is 9.91. The Balaban J connectivity index is 2.08. The quantitative estimate of drug-likeness (QED) is 0.896. The highest BCUT2D eigenvalue weighted by molar-refractivity contribution is 7.08. The highest BCUT2D eigenvalue weighted by atomic mass is 32.1. The third kappa shape index (κ3) is 2.88. The van der Waals surface area contributed by atoms with Crippen LogP contribution in [0.3, 0.4) is 0 Å². The summed E-state index contributed by atoms with van der Waals surface area (Å²) in [5.41, 5.74) is 0.666. The fourth-order valence-electron chi connectivity index (χ4n) is 2.42. The fraction of sp³-hybridized carbons (Fsp3) is 0.769. The lowest BCUT2D eigenvalue weighted by Crippen LogP contribution is -2.33. The van der Waals surface area contributed by atoms with Gasteiger partial charge >= 0.3 is 0 Å². The molecule has 1 amide bonds. The largest absolute Gasteiger partial charge is 0.348 e. The molecule has 0 spiro atoms. The Morgan fingerprint density at radius 2 is 2.11 bits per heavy atom. The first kappa shape index (κ1) is 13.5. The van der Waals surface area contributed by atoms with Gasteiger partial charge in [-0.3, -0.25) is 4.79 Å². The van der Waals surface area contributed by atoms with Crippen molar-refractivity contribution >= 4 is 17.4 Å². The maximum atomic E-state index is 12.3. The summed E-state index contributed by atoms with van der Waals surface area (Å²) in [6.07, 6.45) is 3.38. The van der Waals surface area contributed by atoms with Gasteiger partial charge in [0.2, 0.25) is 0 Å². The predicted molar refractivity (Wildman–Crippen MR) is 72.9 cm³/mol. The van der Waals surface area contributed by atoms with Crippen LogP contribution in [0.5, 0.6) is 0 Å². The molecule has 18 heavy (non-hydrogen) atoms. The summed E-state index contributed by atoms with van der Waals surface area (Å²) in [4.78, 5) is 12.9. The number of nitrogens with one attached hydrogen (secondary N) is 1. The number of carbonyl (C=O) groups is 1. The first-order chi connectivity index (χ1) is 8.38. The molecule has 2 atom stereocenters. The summed E-state index contributed by atoms with van der Waals surface area (Å²) in [6.45, 7) is 8.40. The number of nitrogens with zero attached hydrogens (tertiary/aromatic N) is 2. The molecule has 0 aromatic carbocycles. The van der Waals surface area contributed by atoms with E-state index in [1.807, 2.05) is 0 Å². The Morgan fingerprint density at radius 1 is 1.39 bits per heavy atom. The Bertz CT molecular complexity index is 436. The van der Waals surface area contributed by atoms with Crippen molar-refractivity contribution in [1.82, 2.24) is 14.9 Å². The molecule has 2 rings (SSSR count). The van der Waals surface area contributed by atoms with Crippen LogP contribution in [0.25, 0.3) is 0 Å². The van der Waals surface area contributed by atoms with Crippen molar-refractivity contribution in [3.8, 4) is 0 Å². The minimum absolute atomic E-state index is 0.00553. The molecule has 1 N–H and O–H groups in total. The summed E-state index contributed by atoms with van der Waals surface area (Å²) in [5, 5.41) is 7.22. The summed E-state index contributed by atoms with van der Waals surface area (Å²) in [7, 11) is 0. The van der Waals surface area contributed by atoms with Crippen molar-refractivity contribution in [3.05, 3.63) is 10.6 Å². The van der Waals surface area contributed by atoms with Crippen molar-refractivity contribution in [1.29, 1.82) is 0 Å². The van der Waals surface area contributed by atoms with E-state index in [1.165, 1.54) is 18.0 Å². The SMILES string of the molecule is CC1CCC(NC(=O)c2snnc2C(C)(C)C)C1. The van der Waals surface area contributed by atoms with Gasteiger partial charge in [0, 0.05) is 11.5 Å². The molecule has 100 valence electrons. The first-order valence-electron chi connectivity index (χ1n) is 6.51. The van der Waals surface area contributed by atoms with E-state index in [-0.39, 0.29) is 11.3 Å².